The van der Waals surface area contributed by atoms with Gasteiger partial charge in [0, 0.05) is 5.38 Å². The van der Waals surface area contributed by atoms with Crippen LogP contribution in [0.3, 0.4) is 0 Å². The van der Waals surface area contributed by atoms with Crippen LogP contribution in [0.2, 0.25) is 0 Å². The van der Waals surface area contributed by atoms with E-state index in [4.69, 9.17) is 9.52 Å². The zero-order valence-electron chi connectivity index (χ0n) is 9.08. The van der Waals surface area contributed by atoms with Gasteiger partial charge in [0.25, 0.3) is 10.0 Å². The predicted octanol–water partition coefficient (Wildman–Crippen LogP) is 1.54. The Morgan fingerprint density at radius 1 is 1.56 bits per heavy atom. The van der Waals surface area contributed by atoms with E-state index >= 15 is 0 Å². The molecule has 18 heavy (non-hydrogen) atoms. The summed E-state index contributed by atoms with van der Waals surface area (Å²) in [5, 5.41) is 9.96. The van der Waals surface area contributed by atoms with Crippen LogP contribution in [-0.4, -0.2) is 24.5 Å². The number of carbonyl (C=O) groups is 1. The van der Waals surface area contributed by atoms with E-state index in [1.165, 1.54) is 11.6 Å². The molecule has 2 heterocycles. The number of thiophene rings is 1. The Bertz CT molecular complexity index is 685. The molecule has 0 saturated heterocycles. The number of carboxylic acids is 1. The molecule has 0 radical (unpaired) electrons. The van der Waals surface area contributed by atoms with Crippen molar-refractivity contribution in [2.24, 2.45) is 0 Å². The lowest BCUT2D eigenvalue weighted by molar-refractivity contribution is 0.0702. The van der Waals surface area contributed by atoms with Crippen molar-refractivity contribution in [2.45, 2.75) is 11.8 Å². The smallest absolute Gasteiger partial charge is 0.345 e. The third-order valence-corrected chi connectivity index (χ3v) is 4.30. The Morgan fingerprint density at radius 3 is 2.78 bits per heavy atom. The number of rotatable bonds is 4. The molecule has 0 unspecified atom stereocenters. The molecule has 2 aromatic heterocycles. The second-order valence-corrected chi connectivity index (χ2v) is 5.94. The molecule has 0 amide bonds. The summed E-state index contributed by atoms with van der Waals surface area (Å²) >= 11 is 0.831. The second kappa shape index (κ2) is 4.42. The van der Waals surface area contributed by atoms with Crippen LogP contribution in [0, 0.1) is 6.92 Å². The summed E-state index contributed by atoms with van der Waals surface area (Å²) in [7, 11) is -3.87. The maximum Gasteiger partial charge on any atom is 0.345 e. The number of oxazole rings is 1. The van der Waals surface area contributed by atoms with Gasteiger partial charge in [-0.3, -0.25) is 0 Å². The van der Waals surface area contributed by atoms with Gasteiger partial charge in [0.15, 0.2) is 0 Å². The van der Waals surface area contributed by atoms with Gasteiger partial charge in [0.2, 0.25) is 0 Å². The third-order valence-electron chi connectivity index (χ3n) is 1.94. The number of sulfonamides is 1. The topological polar surface area (TPSA) is 110 Å². The number of nitrogens with one attached hydrogen (secondary N) is 1. The van der Waals surface area contributed by atoms with Crippen LogP contribution >= 0.6 is 11.3 Å². The van der Waals surface area contributed by atoms with Crippen molar-refractivity contribution in [3.05, 3.63) is 28.3 Å². The molecule has 0 fully saturated rings. The van der Waals surface area contributed by atoms with E-state index in [2.05, 4.69) is 9.71 Å². The fourth-order valence-electron chi connectivity index (χ4n) is 1.15. The average Bonchev–Trinajstić information content (AvgIpc) is 2.86. The second-order valence-electron chi connectivity index (χ2n) is 3.35. The van der Waals surface area contributed by atoms with Crippen LogP contribution in [0.4, 0.5) is 6.01 Å². The molecule has 2 aromatic rings. The van der Waals surface area contributed by atoms with Crippen LogP contribution < -0.4 is 4.72 Å². The Hall–Kier alpha value is -1.87. The molecule has 9 heteroatoms. The molecular weight excluding hydrogens is 280 g/mol. The number of aromatic carboxylic acids is 1. The maximum atomic E-state index is 11.8. The third kappa shape index (κ3) is 2.51. The van der Waals surface area contributed by atoms with E-state index < -0.39 is 16.0 Å². The van der Waals surface area contributed by atoms with Gasteiger partial charge in [-0.25, -0.2) is 17.9 Å². The lowest BCUT2D eigenvalue weighted by Gasteiger charge is -2.00. The van der Waals surface area contributed by atoms with Crippen molar-refractivity contribution in [3.8, 4) is 0 Å². The first kappa shape index (κ1) is 12.6. The minimum absolute atomic E-state index is 0.0565. The maximum absolute atomic E-state index is 11.8. The van der Waals surface area contributed by atoms with Gasteiger partial charge in [-0.2, -0.15) is 4.98 Å². The average molecular weight is 288 g/mol. The molecule has 7 nitrogen and oxygen atoms in total. The zero-order chi connectivity index (χ0) is 13.3. The van der Waals surface area contributed by atoms with Crippen molar-refractivity contribution in [2.75, 3.05) is 4.72 Å². The molecular formula is C9H8N2O5S2. The monoisotopic (exact) mass is 288 g/mol. The summed E-state index contributed by atoms with van der Waals surface area (Å²) in [6.07, 6.45) is 1.30. The van der Waals surface area contributed by atoms with Crippen molar-refractivity contribution < 1.29 is 22.7 Å². The van der Waals surface area contributed by atoms with E-state index in [0.29, 0.717) is 5.69 Å². The highest BCUT2D eigenvalue weighted by atomic mass is 32.2. The van der Waals surface area contributed by atoms with Crippen molar-refractivity contribution in [1.82, 2.24) is 4.98 Å². The number of hydrogen-bond acceptors (Lipinski definition) is 6. The number of nitrogens with zero attached hydrogens (tertiary/aromatic N) is 1. The van der Waals surface area contributed by atoms with Crippen molar-refractivity contribution >= 4 is 33.3 Å². The predicted molar refractivity (Wildman–Crippen MR) is 63.3 cm³/mol. The summed E-state index contributed by atoms with van der Waals surface area (Å²) in [6.45, 7) is 1.65. The summed E-state index contributed by atoms with van der Waals surface area (Å²) in [5.41, 5.74) is 0.532. The number of hydrogen-bond donors (Lipinski definition) is 2. The first-order valence-electron chi connectivity index (χ1n) is 4.65. The summed E-state index contributed by atoms with van der Waals surface area (Å²) in [5.74, 6) is -1.17. The molecule has 0 aliphatic carbocycles. The van der Waals surface area contributed by atoms with E-state index in [1.54, 1.807) is 6.92 Å². The van der Waals surface area contributed by atoms with Gasteiger partial charge in [-0.1, -0.05) is 0 Å². The minimum Gasteiger partial charge on any atom is -0.477 e. The molecule has 2 rings (SSSR count). The normalized spacial score (nSPS) is 11.4. The summed E-state index contributed by atoms with van der Waals surface area (Å²) in [4.78, 5) is 14.3. The molecule has 0 spiro atoms. The largest absolute Gasteiger partial charge is 0.477 e. The fourth-order valence-corrected chi connectivity index (χ4v) is 3.19. The molecule has 0 saturated carbocycles. The van der Waals surface area contributed by atoms with Crippen LogP contribution in [0.25, 0.3) is 0 Å². The zero-order valence-corrected chi connectivity index (χ0v) is 10.7. The van der Waals surface area contributed by atoms with Crippen molar-refractivity contribution in [3.63, 3.8) is 0 Å². The molecule has 0 aliphatic rings. The number of aryl methyl sites for hydroxylation is 1. The number of anilines is 1. The van der Waals surface area contributed by atoms with E-state index in [9.17, 15) is 13.2 Å². The quantitative estimate of drug-likeness (QED) is 0.883. The van der Waals surface area contributed by atoms with Crippen LogP contribution in [-0.2, 0) is 10.0 Å². The van der Waals surface area contributed by atoms with Gasteiger partial charge in [-0.15, -0.1) is 11.3 Å². The summed E-state index contributed by atoms with van der Waals surface area (Å²) in [6, 6.07) is 0.918. The molecule has 0 aromatic carbocycles. The lowest BCUT2D eigenvalue weighted by atomic mass is 10.5. The SMILES string of the molecule is Cc1coc(NS(=O)(=O)c2csc(C(=O)O)c2)n1. The minimum atomic E-state index is -3.87. The lowest BCUT2D eigenvalue weighted by Crippen LogP contribution is -2.12. The van der Waals surface area contributed by atoms with Gasteiger partial charge in [0.05, 0.1) is 10.6 Å². The van der Waals surface area contributed by atoms with Gasteiger partial charge in [0.1, 0.15) is 11.1 Å². The van der Waals surface area contributed by atoms with E-state index in [-0.39, 0.29) is 15.8 Å². The molecule has 96 valence electrons. The molecule has 0 aliphatic heterocycles. The van der Waals surface area contributed by atoms with Gasteiger partial charge >= 0.3 is 12.0 Å². The first-order chi connectivity index (χ1) is 8.38. The summed E-state index contributed by atoms with van der Waals surface area (Å²) < 4.78 is 30.7. The first-order valence-corrected chi connectivity index (χ1v) is 7.01. The standard InChI is InChI=1S/C9H8N2O5S2/c1-5-3-16-9(10-5)11-18(14,15)6-2-7(8(12)13)17-4-6/h2-4H,1H3,(H,10,11)(H,12,13). The van der Waals surface area contributed by atoms with Crippen LogP contribution in [0.15, 0.2) is 27.0 Å². The van der Waals surface area contributed by atoms with Gasteiger partial charge < -0.3 is 9.52 Å². The highest BCUT2D eigenvalue weighted by Gasteiger charge is 2.20. The van der Waals surface area contributed by atoms with E-state index in [1.807, 2.05) is 0 Å². The van der Waals surface area contributed by atoms with E-state index in [0.717, 1.165) is 17.4 Å². The number of aromatic nitrogens is 1. The highest BCUT2D eigenvalue weighted by Crippen LogP contribution is 2.21. The highest BCUT2D eigenvalue weighted by molar-refractivity contribution is 7.92. The van der Waals surface area contributed by atoms with Crippen molar-refractivity contribution in [1.29, 1.82) is 0 Å². The van der Waals surface area contributed by atoms with Crippen LogP contribution in [0.5, 0.6) is 0 Å². The van der Waals surface area contributed by atoms with Crippen LogP contribution in [0.1, 0.15) is 15.4 Å². The molecule has 2 N–H and O–H groups in total. The van der Waals surface area contributed by atoms with Gasteiger partial charge in [-0.05, 0) is 13.0 Å². The molecule has 0 bridgehead atoms. The Balaban J connectivity index is 2.27. The fraction of sp³-hybridized carbons (Fsp3) is 0.111. The Kier molecular flexibility index (Phi) is 3.09. The Morgan fingerprint density at radius 2 is 2.28 bits per heavy atom. The number of carboxylic acid groups (broad SMARTS) is 1. The molecule has 0 atom stereocenters. The Labute approximate surface area is 106 Å².